The molecule has 0 saturated carbocycles. The number of benzene rings is 1. The molecule has 0 aliphatic heterocycles. The number of aliphatic carboxylic acids is 1. The normalized spacial score (nSPS) is 11.7. The predicted octanol–water partition coefficient (Wildman–Crippen LogP) is 2.00. The lowest BCUT2D eigenvalue weighted by molar-refractivity contribution is -0.137. The molecule has 1 aromatic rings. The molecule has 5 nitrogen and oxygen atoms in total. The third-order valence-electron chi connectivity index (χ3n) is 2.60. The van der Waals surface area contributed by atoms with Crippen LogP contribution in [-0.2, 0) is 4.79 Å². The van der Waals surface area contributed by atoms with Crippen molar-refractivity contribution in [2.45, 2.75) is 13.3 Å². The number of Topliss-reactive ketones (excluding diaryl/α,β-unsaturated/α-hetero) is 1. The molecular formula is C13H16O5. The zero-order valence-corrected chi connectivity index (χ0v) is 10.6. The minimum Gasteiger partial charge on any atom is -0.493 e. The fourth-order valence-electron chi connectivity index (χ4n) is 1.63. The summed E-state index contributed by atoms with van der Waals surface area (Å²) in [5.74, 6) is -0.805. The maximum atomic E-state index is 12.0. The summed E-state index contributed by atoms with van der Waals surface area (Å²) >= 11 is 0. The van der Waals surface area contributed by atoms with Crippen LogP contribution in [0.15, 0.2) is 18.2 Å². The number of methoxy groups -OCH3 is 2. The topological polar surface area (TPSA) is 72.8 Å². The highest BCUT2D eigenvalue weighted by Crippen LogP contribution is 2.28. The Labute approximate surface area is 105 Å². The number of ketones is 1. The van der Waals surface area contributed by atoms with Crippen LogP contribution in [0.4, 0.5) is 0 Å². The molecule has 0 saturated heterocycles. The van der Waals surface area contributed by atoms with Crippen LogP contribution in [0, 0.1) is 5.92 Å². The first-order valence-corrected chi connectivity index (χ1v) is 5.47. The van der Waals surface area contributed by atoms with Gasteiger partial charge in [-0.1, -0.05) is 6.92 Å². The van der Waals surface area contributed by atoms with E-state index in [-0.39, 0.29) is 12.2 Å². The van der Waals surface area contributed by atoms with Gasteiger partial charge in [-0.15, -0.1) is 0 Å². The van der Waals surface area contributed by atoms with Crippen molar-refractivity contribution >= 4 is 11.8 Å². The van der Waals surface area contributed by atoms with E-state index in [4.69, 9.17) is 14.6 Å². The molecule has 1 atom stereocenters. The molecule has 1 rings (SSSR count). The lowest BCUT2D eigenvalue weighted by Gasteiger charge is -2.11. The standard InChI is InChI=1S/C13H16O5/c1-8(6-12(14)15)13(16)9-4-5-10(17-2)11(7-9)18-3/h4-5,7-8H,6H2,1-3H3,(H,14,15)/t8-/m1/s1. The van der Waals surface area contributed by atoms with Crippen LogP contribution in [0.2, 0.25) is 0 Å². The zero-order chi connectivity index (χ0) is 13.7. The van der Waals surface area contributed by atoms with Crippen molar-refractivity contribution < 1.29 is 24.2 Å². The van der Waals surface area contributed by atoms with Crippen molar-refractivity contribution in [1.82, 2.24) is 0 Å². The molecule has 1 N–H and O–H groups in total. The summed E-state index contributed by atoms with van der Waals surface area (Å²) < 4.78 is 10.2. The van der Waals surface area contributed by atoms with Gasteiger partial charge in [-0.25, -0.2) is 0 Å². The van der Waals surface area contributed by atoms with E-state index in [0.717, 1.165) is 0 Å². The summed E-state index contributed by atoms with van der Waals surface area (Å²) in [6.45, 7) is 1.59. The zero-order valence-electron chi connectivity index (χ0n) is 10.6. The van der Waals surface area contributed by atoms with Gasteiger partial charge in [0.15, 0.2) is 17.3 Å². The van der Waals surface area contributed by atoms with Crippen molar-refractivity contribution in [3.8, 4) is 11.5 Å². The Balaban J connectivity index is 2.96. The fourth-order valence-corrected chi connectivity index (χ4v) is 1.63. The average molecular weight is 252 g/mol. The molecule has 0 unspecified atom stereocenters. The lowest BCUT2D eigenvalue weighted by Crippen LogP contribution is -2.15. The summed E-state index contributed by atoms with van der Waals surface area (Å²) in [5.41, 5.74) is 0.418. The van der Waals surface area contributed by atoms with Gasteiger partial charge in [-0.2, -0.15) is 0 Å². The third-order valence-corrected chi connectivity index (χ3v) is 2.60. The van der Waals surface area contributed by atoms with E-state index in [1.165, 1.54) is 14.2 Å². The van der Waals surface area contributed by atoms with Gasteiger partial charge >= 0.3 is 5.97 Å². The number of carboxylic acid groups (broad SMARTS) is 1. The number of rotatable bonds is 6. The SMILES string of the molecule is COc1ccc(C(=O)[C@H](C)CC(=O)O)cc1OC. The molecule has 0 aliphatic carbocycles. The van der Waals surface area contributed by atoms with Gasteiger partial charge < -0.3 is 14.6 Å². The number of hydrogen-bond donors (Lipinski definition) is 1. The Hall–Kier alpha value is -2.04. The number of ether oxygens (including phenoxy) is 2. The van der Waals surface area contributed by atoms with Crippen LogP contribution in [0.3, 0.4) is 0 Å². The summed E-state index contributed by atoms with van der Waals surface area (Å²) in [6, 6.07) is 4.78. The van der Waals surface area contributed by atoms with Crippen molar-refractivity contribution in [2.75, 3.05) is 14.2 Å². The Morgan fingerprint density at radius 3 is 2.33 bits per heavy atom. The van der Waals surface area contributed by atoms with Gasteiger partial charge in [0.1, 0.15) is 0 Å². The van der Waals surface area contributed by atoms with Crippen molar-refractivity contribution in [1.29, 1.82) is 0 Å². The highest BCUT2D eigenvalue weighted by atomic mass is 16.5. The Kier molecular flexibility index (Phi) is 4.71. The van der Waals surface area contributed by atoms with Gasteiger partial charge in [-0.3, -0.25) is 9.59 Å². The van der Waals surface area contributed by atoms with E-state index >= 15 is 0 Å². The van der Waals surface area contributed by atoms with Gasteiger partial charge in [0.25, 0.3) is 0 Å². The maximum Gasteiger partial charge on any atom is 0.304 e. The highest BCUT2D eigenvalue weighted by Gasteiger charge is 2.19. The van der Waals surface area contributed by atoms with Gasteiger partial charge in [0.05, 0.1) is 20.6 Å². The van der Waals surface area contributed by atoms with E-state index in [1.807, 2.05) is 0 Å². The molecule has 0 bridgehead atoms. The molecule has 0 aromatic heterocycles. The third kappa shape index (κ3) is 3.23. The van der Waals surface area contributed by atoms with E-state index in [9.17, 15) is 9.59 Å². The van der Waals surface area contributed by atoms with Crippen molar-refractivity contribution in [2.24, 2.45) is 5.92 Å². The minimum absolute atomic E-state index is 0.187. The molecule has 18 heavy (non-hydrogen) atoms. The fraction of sp³-hybridized carbons (Fsp3) is 0.385. The van der Waals surface area contributed by atoms with Gasteiger partial charge in [0, 0.05) is 11.5 Å². The molecular weight excluding hydrogens is 236 g/mol. The monoisotopic (exact) mass is 252 g/mol. The smallest absolute Gasteiger partial charge is 0.304 e. The van der Waals surface area contributed by atoms with Gasteiger partial charge in [-0.05, 0) is 18.2 Å². The first-order valence-electron chi connectivity index (χ1n) is 5.47. The van der Waals surface area contributed by atoms with E-state index in [0.29, 0.717) is 17.1 Å². The average Bonchev–Trinajstić information content (AvgIpc) is 2.36. The molecule has 0 amide bonds. The molecule has 0 spiro atoms. The lowest BCUT2D eigenvalue weighted by atomic mass is 9.96. The van der Waals surface area contributed by atoms with Gasteiger partial charge in [0.2, 0.25) is 0 Å². The number of hydrogen-bond acceptors (Lipinski definition) is 4. The molecule has 5 heteroatoms. The number of carbonyl (C=O) groups excluding carboxylic acids is 1. The summed E-state index contributed by atoms with van der Waals surface area (Å²) in [7, 11) is 2.99. The second-order valence-corrected chi connectivity index (χ2v) is 3.93. The van der Waals surface area contributed by atoms with E-state index in [1.54, 1.807) is 25.1 Å². The Morgan fingerprint density at radius 1 is 1.22 bits per heavy atom. The molecule has 98 valence electrons. The predicted molar refractivity (Wildman–Crippen MR) is 65.3 cm³/mol. The number of carbonyl (C=O) groups is 2. The Bertz CT molecular complexity index is 453. The molecule has 0 fully saturated rings. The van der Waals surface area contributed by atoms with Crippen LogP contribution < -0.4 is 9.47 Å². The second kappa shape index (κ2) is 6.05. The van der Waals surface area contributed by atoms with Crippen molar-refractivity contribution in [3.05, 3.63) is 23.8 Å². The molecule has 0 aliphatic rings. The van der Waals surface area contributed by atoms with E-state index < -0.39 is 11.9 Å². The second-order valence-electron chi connectivity index (χ2n) is 3.93. The molecule has 0 heterocycles. The summed E-state index contributed by atoms with van der Waals surface area (Å²) in [4.78, 5) is 22.6. The number of carboxylic acids is 1. The maximum absolute atomic E-state index is 12.0. The molecule has 0 radical (unpaired) electrons. The minimum atomic E-state index is -0.990. The first-order chi connectivity index (χ1) is 8.49. The largest absolute Gasteiger partial charge is 0.493 e. The van der Waals surface area contributed by atoms with E-state index in [2.05, 4.69) is 0 Å². The Morgan fingerprint density at radius 2 is 1.83 bits per heavy atom. The summed E-state index contributed by atoms with van der Waals surface area (Å²) in [6.07, 6.45) is -0.187. The van der Waals surface area contributed by atoms with Crippen LogP contribution in [0.5, 0.6) is 11.5 Å². The summed E-state index contributed by atoms with van der Waals surface area (Å²) in [5, 5.41) is 8.67. The van der Waals surface area contributed by atoms with Crippen LogP contribution in [-0.4, -0.2) is 31.1 Å². The highest BCUT2D eigenvalue weighted by molar-refractivity contribution is 5.99. The quantitative estimate of drug-likeness (QED) is 0.784. The molecule has 1 aromatic carbocycles. The van der Waals surface area contributed by atoms with Crippen LogP contribution >= 0.6 is 0 Å². The van der Waals surface area contributed by atoms with Crippen molar-refractivity contribution in [3.63, 3.8) is 0 Å². The van der Waals surface area contributed by atoms with Crippen LogP contribution in [0.1, 0.15) is 23.7 Å². The first kappa shape index (κ1) is 14.0. The van der Waals surface area contributed by atoms with Crippen LogP contribution in [0.25, 0.3) is 0 Å².